The summed E-state index contributed by atoms with van der Waals surface area (Å²) in [7, 11) is -1.96. The third kappa shape index (κ3) is 4.92. The summed E-state index contributed by atoms with van der Waals surface area (Å²) in [6.45, 7) is 2.38. The second-order valence-electron chi connectivity index (χ2n) is 7.94. The molecule has 1 aliphatic rings. The average molecular weight is 514 g/mol. The molecule has 1 aliphatic heterocycles. The van der Waals surface area contributed by atoms with Gasteiger partial charge in [-0.05, 0) is 55.7 Å². The summed E-state index contributed by atoms with van der Waals surface area (Å²) < 4.78 is 30.4. The molecule has 170 valence electrons. The number of halogens is 3. The number of hydrogen-bond donors (Lipinski definition) is 1. The van der Waals surface area contributed by atoms with Gasteiger partial charge < -0.3 is 9.47 Å². The van der Waals surface area contributed by atoms with Gasteiger partial charge in [-0.25, -0.2) is 18.1 Å². The Hall–Kier alpha value is -1.77. The third-order valence-electron chi connectivity index (χ3n) is 5.76. The summed E-state index contributed by atoms with van der Waals surface area (Å²) in [5, 5.41) is 1.79. The van der Waals surface area contributed by atoms with Crippen LogP contribution in [0.1, 0.15) is 30.3 Å². The Morgan fingerprint density at radius 3 is 2.38 bits per heavy atom. The van der Waals surface area contributed by atoms with Gasteiger partial charge in [-0.3, -0.25) is 0 Å². The topological polar surface area (TPSA) is 67.2 Å². The van der Waals surface area contributed by atoms with Crippen LogP contribution in [0.25, 0.3) is 0 Å². The Bertz CT molecular complexity index is 1210. The Morgan fingerprint density at radius 1 is 1.06 bits per heavy atom. The third-order valence-corrected chi connectivity index (χ3v) is 7.94. The number of rotatable bonds is 5. The Morgan fingerprint density at radius 2 is 1.75 bits per heavy atom. The van der Waals surface area contributed by atoms with Gasteiger partial charge in [0.25, 0.3) is 10.0 Å². The second-order valence-corrected chi connectivity index (χ2v) is 10.9. The second kappa shape index (κ2) is 9.23. The molecule has 2 atom stereocenters. The lowest BCUT2D eigenvalue weighted by Gasteiger charge is -2.41. The lowest BCUT2D eigenvalue weighted by molar-refractivity contribution is 0.394. The zero-order chi connectivity index (χ0) is 23.0. The molecule has 32 heavy (non-hydrogen) atoms. The van der Waals surface area contributed by atoms with Crippen molar-refractivity contribution in [3.8, 4) is 0 Å². The molecule has 1 aromatic heterocycles. The standard InChI is InChI=1S/C22H23Cl3N4O2S/c1-14-26-22(13-28(14)2)32(30,31)27-18-9-10-29(20-8-7-17(24)11-19(20)25)21(12-18)15-3-5-16(23)6-4-15/h3-8,11,13,18,21,27H,9-10,12H2,1-2H3/t18-,21+/m1/s1. The first-order chi connectivity index (χ1) is 15.1. The van der Waals surface area contributed by atoms with E-state index in [1.54, 1.807) is 30.7 Å². The van der Waals surface area contributed by atoms with Crippen LogP contribution in [0.5, 0.6) is 0 Å². The molecule has 10 heteroatoms. The number of nitrogens with zero attached hydrogens (tertiary/aromatic N) is 3. The number of hydrogen-bond acceptors (Lipinski definition) is 4. The first-order valence-electron chi connectivity index (χ1n) is 10.1. The molecule has 2 aromatic carbocycles. The molecule has 0 radical (unpaired) electrons. The Labute approximate surface area is 203 Å². The van der Waals surface area contributed by atoms with E-state index >= 15 is 0 Å². The first kappa shape index (κ1) is 23.4. The monoisotopic (exact) mass is 512 g/mol. The van der Waals surface area contributed by atoms with Crippen molar-refractivity contribution in [3.05, 3.63) is 75.1 Å². The summed E-state index contributed by atoms with van der Waals surface area (Å²) in [4.78, 5) is 6.37. The molecular weight excluding hydrogens is 491 g/mol. The molecule has 0 bridgehead atoms. The minimum atomic E-state index is -3.73. The molecule has 3 aromatic rings. The van der Waals surface area contributed by atoms with Crippen molar-refractivity contribution in [1.82, 2.24) is 14.3 Å². The van der Waals surface area contributed by atoms with Crippen LogP contribution in [0.3, 0.4) is 0 Å². The molecule has 2 heterocycles. The van der Waals surface area contributed by atoms with E-state index in [0.29, 0.717) is 40.3 Å². The van der Waals surface area contributed by atoms with Gasteiger partial charge in [0.1, 0.15) is 5.82 Å². The summed E-state index contributed by atoms with van der Waals surface area (Å²) in [6, 6.07) is 12.7. The van der Waals surface area contributed by atoms with Crippen molar-refractivity contribution in [2.45, 2.75) is 36.9 Å². The van der Waals surface area contributed by atoms with Crippen molar-refractivity contribution in [1.29, 1.82) is 0 Å². The Balaban J connectivity index is 1.63. The van der Waals surface area contributed by atoms with Gasteiger partial charge >= 0.3 is 0 Å². The molecule has 0 unspecified atom stereocenters. The van der Waals surface area contributed by atoms with Crippen LogP contribution >= 0.6 is 34.8 Å². The lowest BCUT2D eigenvalue weighted by Crippen LogP contribution is -2.46. The van der Waals surface area contributed by atoms with Gasteiger partial charge in [-0.1, -0.05) is 46.9 Å². The zero-order valence-electron chi connectivity index (χ0n) is 17.6. The normalized spacial score (nSPS) is 19.3. The van der Waals surface area contributed by atoms with Crippen molar-refractivity contribution in [2.24, 2.45) is 7.05 Å². The van der Waals surface area contributed by atoms with E-state index in [4.69, 9.17) is 34.8 Å². The van der Waals surface area contributed by atoms with Gasteiger partial charge in [0.15, 0.2) is 5.03 Å². The van der Waals surface area contributed by atoms with E-state index in [1.807, 2.05) is 30.3 Å². The van der Waals surface area contributed by atoms with Gasteiger partial charge in [0.05, 0.1) is 16.8 Å². The smallest absolute Gasteiger partial charge is 0.259 e. The number of aryl methyl sites for hydroxylation is 2. The van der Waals surface area contributed by atoms with Crippen LogP contribution in [-0.4, -0.2) is 30.6 Å². The predicted octanol–water partition coefficient (Wildman–Crippen LogP) is 5.38. The summed E-state index contributed by atoms with van der Waals surface area (Å²) in [5.74, 6) is 0.636. The van der Waals surface area contributed by atoms with Crippen LogP contribution in [-0.2, 0) is 17.1 Å². The van der Waals surface area contributed by atoms with Crippen molar-refractivity contribution < 1.29 is 8.42 Å². The minimum absolute atomic E-state index is 0.0312. The van der Waals surface area contributed by atoms with Gasteiger partial charge in [0.2, 0.25) is 0 Å². The SMILES string of the molecule is Cc1nc(S(=O)(=O)N[C@@H]2CCN(c3ccc(Cl)cc3Cl)[C@H](c3ccc(Cl)cc3)C2)cn1C. The van der Waals surface area contributed by atoms with E-state index in [1.165, 1.54) is 6.20 Å². The summed E-state index contributed by atoms with van der Waals surface area (Å²) >= 11 is 18.7. The summed E-state index contributed by atoms with van der Waals surface area (Å²) in [6.07, 6.45) is 2.71. The van der Waals surface area contributed by atoms with Gasteiger partial charge in [-0.15, -0.1) is 0 Å². The number of nitrogens with one attached hydrogen (secondary N) is 1. The number of piperidine rings is 1. The van der Waals surface area contributed by atoms with Crippen molar-refractivity contribution in [3.63, 3.8) is 0 Å². The maximum absolute atomic E-state index is 12.9. The minimum Gasteiger partial charge on any atom is -0.363 e. The van der Waals surface area contributed by atoms with Crippen LogP contribution in [0.4, 0.5) is 5.69 Å². The van der Waals surface area contributed by atoms with Gasteiger partial charge in [-0.2, -0.15) is 0 Å². The van der Waals surface area contributed by atoms with E-state index in [0.717, 1.165) is 11.3 Å². The molecule has 0 saturated carbocycles. The molecule has 0 amide bonds. The average Bonchev–Trinajstić information content (AvgIpc) is 3.08. The van der Waals surface area contributed by atoms with Crippen LogP contribution in [0.2, 0.25) is 15.1 Å². The first-order valence-corrected chi connectivity index (χ1v) is 12.8. The number of anilines is 1. The highest BCUT2D eigenvalue weighted by Gasteiger charge is 2.33. The highest BCUT2D eigenvalue weighted by molar-refractivity contribution is 7.89. The highest BCUT2D eigenvalue weighted by atomic mass is 35.5. The zero-order valence-corrected chi connectivity index (χ0v) is 20.7. The van der Waals surface area contributed by atoms with Crippen LogP contribution < -0.4 is 9.62 Å². The maximum Gasteiger partial charge on any atom is 0.259 e. The fourth-order valence-corrected chi connectivity index (χ4v) is 5.98. The fraction of sp³-hybridized carbons (Fsp3) is 0.318. The molecular formula is C22H23Cl3N4O2S. The van der Waals surface area contributed by atoms with E-state index in [2.05, 4.69) is 14.6 Å². The highest BCUT2D eigenvalue weighted by Crippen LogP contribution is 2.39. The number of sulfonamides is 1. The fourth-order valence-electron chi connectivity index (χ4n) is 4.01. The number of benzene rings is 2. The maximum atomic E-state index is 12.9. The summed E-state index contributed by atoms with van der Waals surface area (Å²) in [5.41, 5.74) is 1.88. The van der Waals surface area contributed by atoms with E-state index < -0.39 is 10.0 Å². The van der Waals surface area contributed by atoms with Crippen molar-refractivity contribution >= 4 is 50.5 Å². The van der Waals surface area contributed by atoms with Crippen molar-refractivity contribution in [2.75, 3.05) is 11.4 Å². The molecule has 1 saturated heterocycles. The van der Waals surface area contributed by atoms with E-state index in [-0.39, 0.29) is 17.1 Å². The molecule has 4 rings (SSSR count). The molecule has 1 N–H and O–H groups in total. The number of aromatic nitrogens is 2. The molecule has 0 spiro atoms. The Kier molecular flexibility index (Phi) is 6.75. The van der Waals surface area contributed by atoms with Crippen LogP contribution in [0, 0.1) is 6.92 Å². The molecule has 0 aliphatic carbocycles. The quantitative estimate of drug-likeness (QED) is 0.497. The van der Waals surface area contributed by atoms with E-state index in [9.17, 15) is 8.42 Å². The predicted molar refractivity (Wildman–Crippen MR) is 129 cm³/mol. The van der Waals surface area contributed by atoms with Crippen LogP contribution in [0.15, 0.2) is 53.7 Å². The lowest BCUT2D eigenvalue weighted by atomic mass is 9.91. The van der Waals surface area contributed by atoms with Gasteiger partial charge in [0, 0.05) is 35.9 Å². The number of imidazole rings is 1. The molecule has 6 nitrogen and oxygen atoms in total. The molecule has 1 fully saturated rings. The largest absolute Gasteiger partial charge is 0.363 e.